The van der Waals surface area contributed by atoms with Crippen LogP contribution in [0.1, 0.15) is 5.56 Å². The SMILES string of the molecule is Cc1cc(F)c(SCl)c(F)c1. The molecular weight excluding hydrogens is 190 g/mol. The maximum absolute atomic E-state index is 12.8. The Labute approximate surface area is 72.1 Å². The highest BCUT2D eigenvalue weighted by Gasteiger charge is 2.08. The number of benzene rings is 1. The fraction of sp³-hybridized carbons (Fsp3) is 0.143. The van der Waals surface area contributed by atoms with E-state index in [9.17, 15) is 8.78 Å². The summed E-state index contributed by atoms with van der Waals surface area (Å²) in [5.74, 6) is -1.22. The van der Waals surface area contributed by atoms with Gasteiger partial charge in [-0.25, -0.2) is 8.78 Å². The Bertz CT molecular complexity index is 252. The Hall–Kier alpha value is -0.280. The fourth-order valence-corrected chi connectivity index (χ4v) is 1.47. The van der Waals surface area contributed by atoms with Crippen molar-refractivity contribution in [1.82, 2.24) is 0 Å². The number of halogens is 3. The van der Waals surface area contributed by atoms with Crippen LogP contribution in [0.15, 0.2) is 17.0 Å². The van der Waals surface area contributed by atoms with Crippen molar-refractivity contribution in [3.05, 3.63) is 29.3 Å². The van der Waals surface area contributed by atoms with Gasteiger partial charge in [0.15, 0.2) is 0 Å². The first-order valence-electron chi connectivity index (χ1n) is 2.89. The number of hydrogen-bond donors (Lipinski definition) is 0. The van der Waals surface area contributed by atoms with Gasteiger partial charge in [-0.15, -0.1) is 0 Å². The molecule has 0 aliphatic rings. The van der Waals surface area contributed by atoms with Gasteiger partial charge in [0.1, 0.15) is 11.6 Å². The van der Waals surface area contributed by atoms with Gasteiger partial charge in [0.2, 0.25) is 0 Å². The normalized spacial score (nSPS) is 10.2. The molecule has 0 radical (unpaired) electrons. The number of rotatable bonds is 1. The van der Waals surface area contributed by atoms with Gasteiger partial charge >= 0.3 is 0 Å². The van der Waals surface area contributed by atoms with Crippen LogP contribution in [0, 0.1) is 18.6 Å². The van der Waals surface area contributed by atoms with Gasteiger partial charge in [-0.1, -0.05) is 0 Å². The van der Waals surface area contributed by atoms with Crippen LogP contribution < -0.4 is 0 Å². The van der Waals surface area contributed by atoms with Crippen LogP contribution in [-0.2, 0) is 0 Å². The van der Waals surface area contributed by atoms with Crippen molar-refractivity contribution < 1.29 is 8.78 Å². The molecule has 0 aromatic heterocycles. The predicted octanol–water partition coefficient (Wildman–Crippen LogP) is 3.52. The lowest BCUT2D eigenvalue weighted by Crippen LogP contribution is -1.87. The van der Waals surface area contributed by atoms with E-state index in [1.54, 1.807) is 6.92 Å². The van der Waals surface area contributed by atoms with Gasteiger partial charge in [-0.2, -0.15) is 0 Å². The summed E-state index contributed by atoms with van der Waals surface area (Å²) in [6.45, 7) is 1.62. The van der Waals surface area contributed by atoms with Gasteiger partial charge in [-0.3, -0.25) is 0 Å². The topological polar surface area (TPSA) is 0 Å². The van der Waals surface area contributed by atoms with Crippen LogP contribution in [0.3, 0.4) is 0 Å². The number of hydrogen-bond acceptors (Lipinski definition) is 1. The molecule has 0 atom stereocenters. The lowest BCUT2D eigenvalue weighted by Gasteiger charge is -2.00. The van der Waals surface area contributed by atoms with Crippen molar-refractivity contribution in [1.29, 1.82) is 0 Å². The molecule has 1 rings (SSSR count). The van der Waals surface area contributed by atoms with Crippen molar-refractivity contribution in [2.24, 2.45) is 0 Å². The molecule has 0 heterocycles. The average Bonchev–Trinajstić information content (AvgIpc) is 1.85. The largest absolute Gasteiger partial charge is 0.206 e. The van der Waals surface area contributed by atoms with E-state index in [0.717, 1.165) is 0 Å². The lowest BCUT2D eigenvalue weighted by molar-refractivity contribution is 0.539. The van der Waals surface area contributed by atoms with Gasteiger partial charge in [0.25, 0.3) is 0 Å². The second-order valence-corrected chi connectivity index (χ2v) is 3.16. The number of aryl methyl sites for hydroxylation is 1. The van der Waals surface area contributed by atoms with E-state index in [0.29, 0.717) is 16.5 Å². The zero-order valence-electron chi connectivity index (χ0n) is 5.70. The van der Waals surface area contributed by atoms with Crippen molar-refractivity contribution in [2.45, 2.75) is 11.8 Å². The van der Waals surface area contributed by atoms with E-state index < -0.39 is 11.6 Å². The summed E-state index contributed by atoms with van der Waals surface area (Å²) in [7, 11) is 5.78. The average molecular weight is 195 g/mol. The standard InChI is InChI=1S/C7H5ClF2S/c1-4-2-5(9)7(11-8)6(10)3-4/h2-3H,1H3. The molecule has 4 heteroatoms. The summed E-state index contributed by atoms with van der Waals surface area (Å²) in [5, 5.41) is 0. The molecule has 1 aromatic carbocycles. The lowest BCUT2D eigenvalue weighted by atomic mass is 10.2. The smallest absolute Gasteiger partial charge is 0.141 e. The van der Waals surface area contributed by atoms with E-state index in [-0.39, 0.29) is 4.90 Å². The summed E-state index contributed by atoms with van der Waals surface area (Å²) in [4.78, 5) is -0.141. The van der Waals surface area contributed by atoms with E-state index in [2.05, 4.69) is 0 Å². The molecule has 0 nitrogen and oxygen atoms in total. The summed E-state index contributed by atoms with van der Waals surface area (Å²) in [6.07, 6.45) is 0. The maximum atomic E-state index is 12.8. The highest BCUT2D eigenvalue weighted by Crippen LogP contribution is 2.28. The van der Waals surface area contributed by atoms with Gasteiger partial charge in [0, 0.05) is 0 Å². The second kappa shape index (κ2) is 3.41. The van der Waals surface area contributed by atoms with Crippen LogP contribution in [0.25, 0.3) is 0 Å². The fourth-order valence-electron chi connectivity index (χ4n) is 0.760. The molecular formula is C7H5ClF2S. The zero-order valence-corrected chi connectivity index (χ0v) is 7.27. The second-order valence-electron chi connectivity index (χ2n) is 2.13. The van der Waals surface area contributed by atoms with E-state index in [1.807, 2.05) is 0 Å². The summed E-state index contributed by atoms with van der Waals surface area (Å²) in [6, 6.07) is 2.49. The van der Waals surface area contributed by atoms with Crippen LogP contribution >= 0.6 is 21.7 Å². The summed E-state index contributed by atoms with van der Waals surface area (Å²) in [5.41, 5.74) is 0.550. The molecule has 1 aromatic rings. The van der Waals surface area contributed by atoms with Crippen LogP contribution in [0.4, 0.5) is 8.78 Å². The Morgan fingerprint density at radius 2 is 1.73 bits per heavy atom. The monoisotopic (exact) mass is 194 g/mol. The van der Waals surface area contributed by atoms with E-state index >= 15 is 0 Å². The molecule has 11 heavy (non-hydrogen) atoms. The summed E-state index contributed by atoms with van der Waals surface area (Å²) < 4.78 is 25.5. The molecule has 0 amide bonds. The minimum atomic E-state index is -0.609. The molecule has 0 saturated carbocycles. The van der Waals surface area contributed by atoms with Crippen LogP contribution in [0.2, 0.25) is 0 Å². The molecule has 0 fully saturated rings. The Balaban J connectivity index is 3.25. The quantitative estimate of drug-likeness (QED) is 0.659. The minimum absolute atomic E-state index is 0.141. The first kappa shape index (κ1) is 8.81. The van der Waals surface area contributed by atoms with Crippen LogP contribution in [-0.4, -0.2) is 0 Å². The predicted molar refractivity (Wildman–Crippen MR) is 42.8 cm³/mol. The van der Waals surface area contributed by atoms with E-state index in [1.165, 1.54) is 12.1 Å². The van der Waals surface area contributed by atoms with Crippen molar-refractivity contribution in [3.8, 4) is 0 Å². The Morgan fingerprint density at radius 3 is 2.09 bits per heavy atom. The van der Waals surface area contributed by atoms with Gasteiger partial charge in [-0.05, 0) is 46.3 Å². The Kier molecular flexibility index (Phi) is 2.73. The van der Waals surface area contributed by atoms with Crippen LogP contribution in [0.5, 0.6) is 0 Å². The highest BCUT2D eigenvalue weighted by molar-refractivity contribution is 8.21. The Morgan fingerprint density at radius 1 is 1.27 bits per heavy atom. The van der Waals surface area contributed by atoms with Crippen molar-refractivity contribution in [3.63, 3.8) is 0 Å². The third kappa shape index (κ3) is 1.84. The van der Waals surface area contributed by atoms with Gasteiger partial charge < -0.3 is 0 Å². The van der Waals surface area contributed by atoms with Gasteiger partial charge in [0.05, 0.1) is 4.90 Å². The molecule has 0 spiro atoms. The molecule has 0 unspecified atom stereocenters. The first-order valence-corrected chi connectivity index (χ1v) is 4.53. The zero-order chi connectivity index (χ0) is 8.43. The minimum Gasteiger partial charge on any atom is -0.206 e. The first-order chi connectivity index (χ1) is 5.15. The molecule has 0 saturated heterocycles. The molecule has 0 aliphatic carbocycles. The molecule has 0 aliphatic heterocycles. The van der Waals surface area contributed by atoms with Crippen molar-refractivity contribution in [2.75, 3.05) is 0 Å². The highest BCUT2D eigenvalue weighted by atomic mass is 35.7. The molecule has 60 valence electrons. The third-order valence-corrected chi connectivity index (χ3v) is 2.23. The molecule has 0 N–H and O–H groups in total. The third-order valence-electron chi connectivity index (χ3n) is 1.22. The molecule has 0 bridgehead atoms. The van der Waals surface area contributed by atoms with Crippen molar-refractivity contribution >= 4 is 21.7 Å². The van der Waals surface area contributed by atoms with E-state index in [4.69, 9.17) is 10.7 Å². The maximum Gasteiger partial charge on any atom is 0.141 e. The summed E-state index contributed by atoms with van der Waals surface area (Å²) >= 11 is 0.